The summed E-state index contributed by atoms with van der Waals surface area (Å²) in [4.78, 5) is 28.2. The van der Waals surface area contributed by atoms with E-state index in [1.54, 1.807) is 17.1 Å². The second-order valence-corrected chi connectivity index (χ2v) is 10.6. The Morgan fingerprint density at radius 1 is 1.00 bits per heavy atom. The summed E-state index contributed by atoms with van der Waals surface area (Å²) in [6.07, 6.45) is 9.22. The van der Waals surface area contributed by atoms with E-state index in [2.05, 4.69) is 54.3 Å². The highest BCUT2D eigenvalue weighted by atomic mass is 16.2. The van der Waals surface area contributed by atoms with Gasteiger partial charge in [0.25, 0.3) is 5.91 Å². The molecule has 3 aromatic heterocycles. The molecular weight excluding hydrogens is 516 g/mol. The van der Waals surface area contributed by atoms with Gasteiger partial charge in [0.05, 0.1) is 29.8 Å². The van der Waals surface area contributed by atoms with Crippen molar-refractivity contribution in [3.8, 4) is 0 Å². The summed E-state index contributed by atoms with van der Waals surface area (Å²) in [5.41, 5.74) is 8.84. The first-order valence-corrected chi connectivity index (χ1v) is 14.1. The molecule has 4 aromatic rings. The Hall–Kier alpha value is -4.73. The number of aromatic nitrogens is 6. The normalized spacial score (nSPS) is 14.2. The molecule has 10 nitrogen and oxygen atoms in total. The van der Waals surface area contributed by atoms with Crippen LogP contribution in [0.15, 0.2) is 66.5 Å². The molecule has 2 N–H and O–H groups in total. The Labute approximate surface area is 238 Å². The highest BCUT2D eigenvalue weighted by Gasteiger charge is 2.35. The summed E-state index contributed by atoms with van der Waals surface area (Å²) in [6.45, 7) is 2.53. The van der Waals surface area contributed by atoms with E-state index in [0.29, 0.717) is 24.7 Å². The molecule has 6 rings (SSSR count). The second-order valence-electron chi connectivity index (χ2n) is 10.6. The number of nitrogens with zero attached hydrogens (tertiary/aromatic N) is 6. The maximum Gasteiger partial charge on any atom is 0.273 e. The lowest BCUT2D eigenvalue weighted by Crippen LogP contribution is -2.23. The predicted octanol–water partition coefficient (Wildman–Crippen LogP) is 4.14. The van der Waals surface area contributed by atoms with Gasteiger partial charge in [-0.05, 0) is 79.5 Å². The van der Waals surface area contributed by atoms with Crippen molar-refractivity contribution in [2.24, 2.45) is 5.92 Å². The molecule has 0 saturated heterocycles. The topological polar surface area (TPSA) is 128 Å². The van der Waals surface area contributed by atoms with Crippen LogP contribution in [0.3, 0.4) is 0 Å². The molecule has 0 aliphatic heterocycles. The number of hydrogen-bond donors (Lipinski definition) is 2. The van der Waals surface area contributed by atoms with Crippen molar-refractivity contribution in [2.75, 3.05) is 5.32 Å². The van der Waals surface area contributed by atoms with E-state index >= 15 is 0 Å². The zero-order chi connectivity index (χ0) is 28.2. The fourth-order valence-corrected chi connectivity index (χ4v) is 5.30. The van der Waals surface area contributed by atoms with Crippen molar-refractivity contribution in [2.45, 2.75) is 58.5 Å². The summed E-state index contributed by atoms with van der Waals surface area (Å²) >= 11 is 0. The average molecular weight is 549 g/mol. The third kappa shape index (κ3) is 6.37. The standard InChI is InChI=1S/C31H32N8O2/c1-20(40)34-23-10-6-7-22(15-23)30-26(21-11-12-21)17-28-27(30)16-24(35-36-28)8-3-5-14-39-19-29(37-38-39)31(41)33-18-25-9-2-4-13-32-25/h2,4,6-7,9-10,13,15-16,19,21H,3,5,8,11-12,14,17-18H2,1H3,(H,33,41)(H,34,40). The van der Waals surface area contributed by atoms with Crippen molar-refractivity contribution >= 4 is 23.1 Å². The van der Waals surface area contributed by atoms with Gasteiger partial charge in [0.15, 0.2) is 5.69 Å². The number of carbonyl (C=O) groups excluding carboxylic acids is 2. The van der Waals surface area contributed by atoms with E-state index in [0.717, 1.165) is 59.6 Å². The molecular formula is C31H32N8O2. The maximum absolute atomic E-state index is 12.4. The van der Waals surface area contributed by atoms with Crippen LogP contribution in [0.1, 0.15) is 71.3 Å². The number of allylic oxidation sites excluding steroid dienone is 1. The van der Waals surface area contributed by atoms with E-state index < -0.39 is 0 Å². The smallest absolute Gasteiger partial charge is 0.273 e. The molecule has 1 aromatic carbocycles. The number of amides is 2. The zero-order valence-corrected chi connectivity index (χ0v) is 23.0. The molecule has 2 amide bonds. The maximum atomic E-state index is 12.4. The van der Waals surface area contributed by atoms with Crippen LogP contribution in [0.4, 0.5) is 5.69 Å². The van der Waals surface area contributed by atoms with E-state index in [1.165, 1.54) is 30.9 Å². The second kappa shape index (κ2) is 11.8. The van der Waals surface area contributed by atoms with Gasteiger partial charge in [-0.25, -0.2) is 0 Å². The minimum absolute atomic E-state index is 0.0792. The largest absolute Gasteiger partial charge is 0.345 e. The Bertz CT molecular complexity index is 1610. The number of benzene rings is 1. The van der Waals surface area contributed by atoms with Crippen molar-refractivity contribution in [1.82, 2.24) is 35.5 Å². The first-order valence-electron chi connectivity index (χ1n) is 14.1. The Kier molecular flexibility index (Phi) is 7.62. The monoisotopic (exact) mass is 548 g/mol. The van der Waals surface area contributed by atoms with Crippen molar-refractivity contribution in [1.29, 1.82) is 0 Å². The van der Waals surface area contributed by atoms with Crippen LogP contribution in [0.2, 0.25) is 0 Å². The van der Waals surface area contributed by atoms with Gasteiger partial charge >= 0.3 is 0 Å². The number of carbonyl (C=O) groups is 2. The van der Waals surface area contributed by atoms with Gasteiger partial charge < -0.3 is 10.6 Å². The van der Waals surface area contributed by atoms with Crippen molar-refractivity contribution in [3.05, 3.63) is 100 Å². The van der Waals surface area contributed by atoms with Crippen LogP contribution in [-0.4, -0.2) is 42.0 Å². The molecule has 208 valence electrons. The minimum atomic E-state index is -0.271. The van der Waals surface area contributed by atoms with E-state index in [9.17, 15) is 9.59 Å². The first kappa shape index (κ1) is 26.5. The molecule has 0 bridgehead atoms. The van der Waals surface area contributed by atoms with Gasteiger partial charge in [-0.3, -0.25) is 19.3 Å². The van der Waals surface area contributed by atoms with E-state index in [1.807, 2.05) is 30.3 Å². The summed E-state index contributed by atoms with van der Waals surface area (Å²) in [5.74, 6) is 0.258. The van der Waals surface area contributed by atoms with E-state index in [-0.39, 0.29) is 11.8 Å². The molecule has 0 atom stereocenters. The summed E-state index contributed by atoms with van der Waals surface area (Å²) in [7, 11) is 0. The van der Waals surface area contributed by atoms with Crippen LogP contribution < -0.4 is 10.6 Å². The van der Waals surface area contributed by atoms with Crippen LogP contribution >= 0.6 is 0 Å². The lowest BCUT2D eigenvalue weighted by atomic mass is 9.95. The van der Waals surface area contributed by atoms with Gasteiger partial charge in [-0.2, -0.15) is 10.2 Å². The molecule has 2 aliphatic rings. The number of aryl methyl sites for hydroxylation is 2. The fraction of sp³-hybridized carbons (Fsp3) is 0.323. The minimum Gasteiger partial charge on any atom is -0.345 e. The summed E-state index contributed by atoms with van der Waals surface area (Å²) in [5, 5.41) is 23.0. The Morgan fingerprint density at radius 3 is 2.71 bits per heavy atom. The van der Waals surface area contributed by atoms with Crippen LogP contribution in [-0.2, 0) is 30.7 Å². The molecule has 2 aliphatic carbocycles. The molecule has 1 fully saturated rings. The lowest BCUT2D eigenvalue weighted by molar-refractivity contribution is -0.114. The average Bonchev–Trinajstić information content (AvgIpc) is 3.59. The third-order valence-corrected chi connectivity index (χ3v) is 7.41. The van der Waals surface area contributed by atoms with Crippen LogP contribution in [0.5, 0.6) is 0 Å². The van der Waals surface area contributed by atoms with Gasteiger partial charge in [-0.15, -0.1) is 5.10 Å². The Balaban J connectivity index is 1.07. The van der Waals surface area contributed by atoms with Crippen molar-refractivity contribution < 1.29 is 9.59 Å². The van der Waals surface area contributed by atoms with Gasteiger partial charge in [0, 0.05) is 37.3 Å². The number of unbranched alkanes of at least 4 members (excludes halogenated alkanes) is 1. The molecule has 1 saturated carbocycles. The molecule has 3 heterocycles. The van der Waals surface area contributed by atoms with Crippen LogP contribution in [0.25, 0.3) is 5.57 Å². The lowest BCUT2D eigenvalue weighted by Gasteiger charge is -2.11. The molecule has 10 heteroatoms. The van der Waals surface area contributed by atoms with Crippen molar-refractivity contribution in [3.63, 3.8) is 0 Å². The molecule has 0 spiro atoms. The highest BCUT2D eigenvalue weighted by Crippen LogP contribution is 2.48. The SMILES string of the molecule is CC(=O)Nc1cccc(C2=C(C3CC3)Cc3nnc(CCCCn4cc(C(=O)NCc5ccccn5)nn4)cc32)c1. The van der Waals surface area contributed by atoms with Gasteiger partial charge in [-0.1, -0.05) is 29.0 Å². The quantitative estimate of drug-likeness (QED) is 0.270. The Morgan fingerprint density at radius 2 is 1.90 bits per heavy atom. The molecule has 41 heavy (non-hydrogen) atoms. The summed E-state index contributed by atoms with van der Waals surface area (Å²) < 4.78 is 1.70. The summed E-state index contributed by atoms with van der Waals surface area (Å²) in [6, 6.07) is 15.8. The van der Waals surface area contributed by atoms with Crippen LogP contribution in [0, 0.1) is 5.92 Å². The number of fused-ring (bicyclic) bond motifs is 1. The van der Waals surface area contributed by atoms with Gasteiger partial charge in [0.1, 0.15) is 0 Å². The number of rotatable bonds is 11. The van der Waals surface area contributed by atoms with Gasteiger partial charge in [0.2, 0.25) is 5.91 Å². The first-order chi connectivity index (χ1) is 20.0. The number of hydrogen-bond acceptors (Lipinski definition) is 7. The van der Waals surface area contributed by atoms with E-state index in [4.69, 9.17) is 0 Å². The predicted molar refractivity (Wildman–Crippen MR) is 154 cm³/mol. The fourth-order valence-electron chi connectivity index (χ4n) is 5.30. The zero-order valence-electron chi connectivity index (χ0n) is 23.0. The highest BCUT2D eigenvalue weighted by molar-refractivity contribution is 5.92. The number of pyridine rings is 1. The number of nitrogens with one attached hydrogen (secondary N) is 2. The third-order valence-electron chi connectivity index (χ3n) is 7.41. The molecule has 0 radical (unpaired) electrons. The number of anilines is 1. The molecule has 0 unspecified atom stereocenters.